The number of rotatable bonds is 11. The zero-order chi connectivity index (χ0) is 23.6. The van der Waals surface area contributed by atoms with Crippen molar-refractivity contribution in [3.05, 3.63) is 98.2 Å². The van der Waals surface area contributed by atoms with Crippen molar-refractivity contribution in [1.29, 1.82) is 0 Å². The van der Waals surface area contributed by atoms with Gasteiger partial charge in [0.05, 0.1) is 18.1 Å². The first-order valence-corrected chi connectivity index (χ1v) is 11.2. The lowest BCUT2D eigenvalue weighted by Crippen LogP contribution is -2.43. The smallest absolute Gasteiger partial charge is 0.269 e. The van der Waals surface area contributed by atoms with Crippen LogP contribution in [0.5, 0.6) is 0 Å². The van der Waals surface area contributed by atoms with Crippen LogP contribution in [-0.4, -0.2) is 53.3 Å². The number of carbonyl (C=O) groups is 2. The molecule has 0 fully saturated rings. The summed E-state index contributed by atoms with van der Waals surface area (Å²) in [5.41, 5.74) is 1.17. The van der Waals surface area contributed by atoms with E-state index in [2.05, 4.69) is 0 Å². The second-order valence-electron chi connectivity index (χ2n) is 7.34. The number of benzene rings is 2. The van der Waals surface area contributed by atoms with E-state index in [1.165, 1.54) is 36.3 Å². The SMILES string of the molecule is COCCN(CC(=O)N(Cc1ccccc1)Cc1cccs1)C(=O)c1ccc([N+](=O)[O-])cc1. The van der Waals surface area contributed by atoms with Gasteiger partial charge < -0.3 is 14.5 Å². The first-order chi connectivity index (χ1) is 16.0. The average Bonchev–Trinajstić information content (AvgIpc) is 3.34. The van der Waals surface area contributed by atoms with Crippen LogP contribution in [0.4, 0.5) is 5.69 Å². The van der Waals surface area contributed by atoms with Gasteiger partial charge in [0.2, 0.25) is 5.91 Å². The van der Waals surface area contributed by atoms with Crippen molar-refractivity contribution in [2.75, 3.05) is 26.8 Å². The number of amides is 2. The Labute approximate surface area is 196 Å². The highest BCUT2D eigenvalue weighted by atomic mass is 32.1. The van der Waals surface area contributed by atoms with Gasteiger partial charge in [-0.25, -0.2) is 0 Å². The summed E-state index contributed by atoms with van der Waals surface area (Å²) in [6.07, 6.45) is 0. The maximum Gasteiger partial charge on any atom is 0.269 e. The number of thiophene rings is 1. The highest BCUT2D eigenvalue weighted by Crippen LogP contribution is 2.17. The fourth-order valence-corrected chi connectivity index (χ4v) is 3.97. The number of non-ortho nitro benzene ring substituents is 1. The normalized spacial score (nSPS) is 10.6. The van der Waals surface area contributed by atoms with Crippen molar-refractivity contribution in [2.45, 2.75) is 13.1 Å². The van der Waals surface area contributed by atoms with E-state index in [-0.39, 0.29) is 42.8 Å². The summed E-state index contributed by atoms with van der Waals surface area (Å²) in [5, 5.41) is 12.9. The highest BCUT2D eigenvalue weighted by Gasteiger charge is 2.23. The predicted molar refractivity (Wildman–Crippen MR) is 126 cm³/mol. The van der Waals surface area contributed by atoms with Crippen LogP contribution in [0.15, 0.2) is 72.1 Å². The standard InChI is InChI=1S/C24H25N3O5S/c1-32-14-13-25(24(29)20-9-11-21(12-10-20)27(30)31)18-23(28)26(17-22-8-5-15-33-22)16-19-6-3-2-4-7-19/h2-12,15H,13-14,16-18H2,1H3. The fraction of sp³-hybridized carbons (Fsp3) is 0.250. The molecule has 0 radical (unpaired) electrons. The lowest BCUT2D eigenvalue weighted by Gasteiger charge is -2.27. The van der Waals surface area contributed by atoms with Crippen molar-refractivity contribution < 1.29 is 19.2 Å². The van der Waals surface area contributed by atoms with Crippen molar-refractivity contribution in [2.24, 2.45) is 0 Å². The van der Waals surface area contributed by atoms with Crippen LogP contribution >= 0.6 is 11.3 Å². The number of carbonyl (C=O) groups excluding carboxylic acids is 2. The van der Waals surface area contributed by atoms with Crippen molar-refractivity contribution >= 4 is 28.8 Å². The molecule has 8 nitrogen and oxygen atoms in total. The highest BCUT2D eigenvalue weighted by molar-refractivity contribution is 7.09. The van der Waals surface area contributed by atoms with Crippen LogP contribution in [0.3, 0.4) is 0 Å². The van der Waals surface area contributed by atoms with E-state index in [0.29, 0.717) is 13.1 Å². The second-order valence-corrected chi connectivity index (χ2v) is 8.37. The number of nitro benzene ring substituents is 1. The molecule has 0 N–H and O–H groups in total. The first kappa shape index (κ1) is 24.1. The number of hydrogen-bond acceptors (Lipinski definition) is 6. The third kappa shape index (κ3) is 6.96. The third-order valence-corrected chi connectivity index (χ3v) is 5.86. The van der Waals surface area contributed by atoms with Gasteiger partial charge >= 0.3 is 0 Å². The van der Waals surface area contributed by atoms with Crippen LogP contribution in [0.2, 0.25) is 0 Å². The van der Waals surface area contributed by atoms with Gasteiger partial charge in [0, 0.05) is 42.8 Å². The lowest BCUT2D eigenvalue weighted by molar-refractivity contribution is -0.384. The Morgan fingerprint density at radius 3 is 2.30 bits per heavy atom. The van der Waals surface area contributed by atoms with E-state index < -0.39 is 4.92 Å². The van der Waals surface area contributed by atoms with Gasteiger partial charge in [-0.15, -0.1) is 11.3 Å². The fourth-order valence-electron chi connectivity index (χ4n) is 3.25. The van der Waals surface area contributed by atoms with Crippen molar-refractivity contribution in [3.63, 3.8) is 0 Å². The maximum atomic E-state index is 13.3. The summed E-state index contributed by atoms with van der Waals surface area (Å²) >= 11 is 1.57. The maximum absolute atomic E-state index is 13.3. The molecule has 0 unspecified atom stereocenters. The zero-order valence-corrected chi connectivity index (χ0v) is 19.1. The van der Waals surface area contributed by atoms with Gasteiger partial charge in [0.1, 0.15) is 6.54 Å². The van der Waals surface area contributed by atoms with E-state index in [1.54, 1.807) is 16.2 Å². The second kappa shape index (κ2) is 11.9. The zero-order valence-electron chi connectivity index (χ0n) is 18.3. The molecule has 3 aromatic rings. The number of methoxy groups -OCH3 is 1. The summed E-state index contributed by atoms with van der Waals surface area (Å²) < 4.78 is 5.13. The number of nitro groups is 1. The van der Waals surface area contributed by atoms with E-state index in [1.807, 2.05) is 47.8 Å². The van der Waals surface area contributed by atoms with Crippen molar-refractivity contribution in [1.82, 2.24) is 9.80 Å². The molecule has 0 aliphatic rings. The minimum Gasteiger partial charge on any atom is -0.383 e. The molecule has 3 rings (SSSR count). The Balaban J connectivity index is 1.78. The molecule has 0 bridgehead atoms. The van der Waals surface area contributed by atoms with Crippen LogP contribution in [0.25, 0.3) is 0 Å². The van der Waals surface area contributed by atoms with E-state index in [9.17, 15) is 19.7 Å². The van der Waals surface area contributed by atoms with E-state index in [0.717, 1.165) is 10.4 Å². The summed E-state index contributed by atoms with van der Waals surface area (Å²) in [4.78, 5) is 41.0. The predicted octanol–water partition coefficient (Wildman–Crippen LogP) is 3.97. The molecule has 0 spiro atoms. The molecule has 0 aliphatic carbocycles. The number of ether oxygens (including phenoxy) is 1. The Morgan fingerprint density at radius 1 is 0.970 bits per heavy atom. The Hall–Kier alpha value is -3.56. The Morgan fingerprint density at radius 2 is 1.70 bits per heavy atom. The lowest BCUT2D eigenvalue weighted by atomic mass is 10.1. The van der Waals surface area contributed by atoms with Crippen molar-refractivity contribution in [3.8, 4) is 0 Å². The molecule has 1 heterocycles. The van der Waals surface area contributed by atoms with Gasteiger partial charge in [-0.2, -0.15) is 0 Å². The molecule has 9 heteroatoms. The molecule has 2 aromatic carbocycles. The molecule has 0 aliphatic heterocycles. The molecule has 0 saturated carbocycles. The minimum atomic E-state index is -0.521. The summed E-state index contributed by atoms with van der Waals surface area (Å²) in [5.74, 6) is -0.579. The molecule has 1 aromatic heterocycles. The molecule has 0 saturated heterocycles. The third-order valence-electron chi connectivity index (χ3n) is 5.00. The first-order valence-electron chi connectivity index (χ1n) is 10.3. The largest absolute Gasteiger partial charge is 0.383 e. The van der Waals surface area contributed by atoms with Gasteiger partial charge in [-0.05, 0) is 29.1 Å². The van der Waals surface area contributed by atoms with Gasteiger partial charge in [0.15, 0.2) is 0 Å². The van der Waals surface area contributed by atoms with Gasteiger partial charge in [-0.3, -0.25) is 19.7 Å². The van der Waals surface area contributed by atoms with E-state index >= 15 is 0 Å². The summed E-state index contributed by atoms with van der Waals surface area (Å²) in [6.45, 7) is 1.21. The number of hydrogen-bond donors (Lipinski definition) is 0. The monoisotopic (exact) mass is 467 g/mol. The quantitative estimate of drug-likeness (QED) is 0.314. The molecule has 0 atom stereocenters. The van der Waals surface area contributed by atoms with E-state index in [4.69, 9.17) is 4.74 Å². The minimum absolute atomic E-state index is 0.101. The molecule has 2 amide bonds. The molecule has 33 heavy (non-hydrogen) atoms. The van der Waals surface area contributed by atoms with Crippen LogP contribution in [-0.2, 0) is 22.6 Å². The summed E-state index contributed by atoms with van der Waals surface area (Å²) in [6, 6.07) is 19.0. The Kier molecular flexibility index (Phi) is 8.68. The van der Waals surface area contributed by atoms with Crippen LogP contribution < -0.4 is 0 Å². The van der Waals surface area contributed by atoms with Crippen LogP contribution in [0.1, 0.15) is 20.8 Å². The molecular formula is C24H25N3O5S. The number of nitrogens with zero attached hydrogens (tertiary/aromatic N) is 3. The van der Waals surface area contributed by atoms with Crippen LogP contribution in [0, 0.1) is 10.1 Å². The van der Waals surface area contributed by atoms with Gasteiger partial charge in [-0.1, -0.05) is 36.4 Å². The van der Waals surface area contributed by atoms with Gasteiger partial charge in [0.25, 0.3) is 11.6 Å². The summed E-state index contributed by atoms with van der Waals surface area (Å²) in [7, 11) is 1.52. The average molecular weight is 468 g/mol. The molecule has 172 valence electrons. The topological polar surface area (TPSA) is 93.0 Å². The Bertz CT molecular complexity index is 1060. The molecular weight excluding hydrogens is 442 g/mol.